The molecule has 4 nitrogen and oxygen atoms in total. The lowest BCUT2D eigenvalue weighted by atomic mass is 10.1. The SMILES string of the molecule is O=S(=O)(Cc1cccc(Cl)c1)NCCc1ccc(N2CCCCCC2)cc1. The van der Waals surface area contributed by atoms with Gasteiger partial charge < -0.3 is 4.90 Å². The van der Waals surface area contributed by atoms with Crippen molar-refractivity contribution < 1.29 is 8.42 Å². The lowest BCUT2D eigenvalue weighted by molar-refractivity contribution is 0.581. The predicted octanol–water partition coefficient (Wildman–Crippen LogP) is 4.38. The van der Waals surface area contributed by atoms with Crippen LogP contribution in [0.5, 0.6) is 0 Å². The molecular formula is C21H27ClN2O2S. The highest BCUT2D eigenvalue weighted by atomic mass is 35.5. The van der Waals surface area contributed by atoms with Crippen LogP contribution in [0.15, 0.2) is 48.5 Å². The number of hydrogen-bond acceptors (Lipinski definition) is 3. The molecule has 2 aromatic carbocycles. The van der Waals surface area contributed by atoms with Crippen molar-refractivity contribution in [1.82, 2.24) is 4.72 Å². The zero-order chi connectivity index (χ0) is 19.1. The molecule has 6 heteroatoms. The van der Waals surface area contributed by atoms with Crippen LogP contribution in [0, 0.1) is 0 Å². The lowest BCUT2D eigenvalue weighted by Crippen LogP contribution is -2.27. The highest BCUT2D eigenvalue weighted by molar-refractivity contribution is 7.88. The van der Waals surface area contributed by atoms with Gasteiger partial charge in [0, 0.05) is 30.3 Å². The summed E-state index contributed by atoms with van der Waals surface area (Å²) < 4.78 is 27.1. The lowest BCUT2D eigenvalue weighted by Gasteiger charge is -2.22. The molecule has 0 aliphatic carbocycles. The van der Waals surface area contributed by atoms with Crippen LogP contribution in [0.1, 0.15) is 36.8 Å². The van der Waals surface area contributed by atoms with E-state index >= 15 is 0 Å². The molecule has 0 radical (unpaired) electrons. The summed E-state index contributed by atoms with van der Waals surface area (Å²) in [7, 11) is -3.37. The minimum absolute atomic E-state index is 0.0541. The van der Waals surface area contributed by atoms with Gasteiger partial charge in [0.1, 0.15) is 0 Å². The summed E-state index contributed by atoms with van der Waals surface area (Å²) in [5.74, 6) is -0.0541. The Morgan fingerprint density at radius 3 is 2.30 bits per heavy atom. The molecule has 0 unspecified atom stereocenters. The summed E-state index contributed by atoms with van der Waals surface area (Å²) >= 11 is 5.92. The molecule has 27 heavy (non-hydrogen) atoms. The summed E-state index contributed by atoms with van der Waals surface area (Å²) in [6.07, 6.45) is 5.84. The Morgan fingerprint density at radius 2 is 1.63 bits per heavy atom. The van der Waals surface area contributed by atoms with Gasteiger partial charge in [-0.05, 0) is 54.7 Å². The predicted molar refractivity (Wildman–Crippen MR) is 113 cm³/mol. The van der Waals surface area contributed by atoms with Gasteiger partial charge in [-0.1, -0.05) is 48.7 Å². The third-order valence-corrected chi connectivity index (χ3v) is 6.48. The minimum atomic E-state index is -3.37. The van der Waals surface area contributed by atoms with Crippen LogP contribution in [0.2, 0.25) is 5.02 Å². The summed E-state index contributed by atoms with van der Waals surface area (Å²) in [5, 5.41) is 0.548. The van der Waals surface area contributed by atoms with Gasteiger partial charge in [-0.2, -0.15) is 0 Å². The zero-order valence-corrected chi connectivity index (χ0v) is 17.1. The number of sulfonamides is 1. The second-order valence-electron chi connectivity index (χ2n) is 7.10. The summed E-state index contributed by atoms with van der Waals surface area (Å²) in [4.78, 5) is 2.45. The van der Waals surface area contributed by atoms with Gasteiger partial charge in [0.15, 0.2) is 0 Å². The average molecular weight is 407 g/mol. The van der Waals surface area contributed by atoms with Gasteiger partial charge in [0.05, 0.1) is 5.75 Å². The maximum absolute atomic E-state index is 12.2. The van der Waals surface area contributed by atoms with Gasteiger partial charge in [-0.25, -0.2) is 13.1 Å². The Labute approximate surface area is 167 Å². The fraction of sp³-hybridized carbons (Fsp3) is 0.429. The first-order valence-corrected chi connectivity index (χ1v) is 11.6. The fourth-order valence-corrected chi connectivity index (χ4v) is 4.80. The van der Waals surface area contributed by atoms with E-state index in [2.05, 4.69) is 33.9 Å². The van der Waals surface area contributed by atoms with E-state index in [1.54, 1.807) is 24.3 Å². The normalized spacial score (nSPS) is 15.5. The maximum atomic E-state index is 12.2. The number of hydrogen-bond donors (Lipinski definition) is 1. The van der Waals surface area contributed by atoms with Crippen LogP contribution in [0.3, 0.4) is 0 Å². The molecule has 2 aromatic rings. The van der Waals surface area contributed by atoms with Gasteiger partial charge in [0.2, 0.25) is 10.0 Å². The Hall–Kier alpha value is -1.56. The number of rotatable bonds is 7. The smallest absolute Gasteiger partial charge is 0.215 e. The van der Waals surface area contributed by atoms with Crippen molar-refractivity contribution >= 4 is 27.3 Å². The third-order valence-electron chi connectivity index (χ3n) is 4.89. The van der Waals surface area contributed by atoms with Gasteiger partial charge >= 0.3 is 0 Å². The van der Waals surface area contributed by atoms with E-state index in [1.807, 2.05) is 0 Å². The van der Waals surface area contributed by atoms with Crippen molar-refractivity contribution in [1.29, 1.82) is 0 Å². The molecule has 146 valence electrons. The number of benzene rings is 2. The molecule has 1 aliphatic rings. The third kappa shape index (κ3) is 6.52. The van der Waals surface area contributed by atoms with Crippen molar-refractivity contribution in [2.45, 2.75) is 37.9 Å². The first-order chi connectivity index (χ1) is 13.0. The van der Waals surface area contributed by atoms with Crippen LogP contribution in [0.4, 0.5) is 5.69 Å². The molecule has 3 rings (SSSR count). The maximum Gasteiger partial charge on any atom is 0.215 e. The molecule has 0 saturated carbocycles. The van der Waals surface area contributed by atoms with E-state index in [1.165, 1.54) is 31.4 Å². The fourth-order valence-electron chi connectivity index (χ4n) is 3.45. The first kappa shape index (κ1) is 20.2. The molecule has 0 bridgehead atoms. The Morgan fingerprint density at radius 1 is 0.926 bits per heavy atom. The topological polar surface area (TPSA) is 49.4 Å². The molecule has 1 N–H and O–H groups in total. The minimum Gasteiger partial charge on any atom is -0.372 e. The highest BCUT2D eigenvalue weighted by Gasteiger charge is 2.12. The van der Waals surface area contributed by atoms with Crippen LogP contribution in [0.25, 0.3) is 0 Å². The summed E-state index contributed by atoms with van der Waals surface area (Å²) in [6, 6.07) is 15.5. The molecule has 1 aliphatic heterocycles. The number of halogens is 1. The molecule has 0 aromatic heterocycles. The largest absolute Gasteiger partial charge is 0.372 e. The Bertz CT molecular complexity index is 830. The van der Waals surface area contributed by atoms with Crippen LogP contribution in [-0.4, -0.2) is 28.1 Å². The first-order valence-electron chi connectivity index (χ1n) is 9.57. The average Bonchev–Trinajstić information content (AvgIpc) is 2.91. The Balaban J connectivity index is 1.49. The molecule has 1 fully saturated rings. The molecule has 1 heterocycles. The van der Waals surface area contributed by atoms with E-state index in [-0.39, 0.29) is 5.75 Å². The van der Waals surface area contributed by atoms with E-state index in [0.717, 1.165) is 18.7 Å². The van der Waals surface area contributed by atoms with Gasteiger partial charge in [-0.3, -0.25) is 0 Å². The van der Waals surface area contributed by atoms with E-state index in [0.29, 0.717) is 23.6 Å². The Kier molecular flexibility index (Phi) is 7.16. The van der Waals surface area contributed by atoms with Crippen molar-refractivity contribution in [2.75, 3.05) is 24.5 Å². The van der Waals surface area contributed by atoms with Crippen LogP contribution in [-0.2, 0) is 22.2 Å². The number of anilines is 1. The van der Waals surface area contributed by atoms with Gasteiger partial charge in [-0.15, -0.1) is 0 Å². The van der Waals surface area contributed by atoms with Crippen LogP contribution >= 0.6 is 11.6 Å². The molecular weight excluding hydrogens is 380 g/mol. The van der Waals surface area contributed by atoms with Crippen molar-refractivity contribution in [3.8, 4) is 0 Å². The molecule has 0 atom stereocenters. The molecule has 0 spiro atoms. The van der Waals surface area contributed by atoms with Crippen molar-refractivity contribution in [3.63, 3.8) is 0 Å². The molecule has 1 saturated heterocycles. The van der Waals surface area contributed by atoms with E-state index in [9.17, 15) is 8.42 Å². The van der Waals surface area contributed by atoms with Crippen LogP contribution < -0.4 is 9.62 Å². The van der Waals surface area contributed by atoms with Crippen molar-refractivity contribution in [3.05, 3.63) is 64.7 Å². The standard InChI is InChI=1S/C21H27ClN2O2S/c22-20-7-5-6-19(16-20)17-27(25,26)23-13-12-18-8-10-21(11-9-18)24-14-3-1-2-4-15-24/h5-11,16,23H,1-4,12-15,17H2. The monoisotopic (exact) mass is 406 g/mol. The zero-order valence-electron chi connectivity index (χ0n) is 15.5. The summed E-state index contributed by atoms with van der Waals surface area (Å²) in [5.41, 5.74) is 3.10. The second-order valence-corrected chi connectivity index (χ2v) is 9.34. The summed E-state index contributed by atoms with van der Waals surface area (Å²) in [6.45, 7) is 2.65. The van der Waals surface area contributed by atoms with E-state index in [4.69, 9.17) is 11.6 Å². The number of nitrogens with one attached hydrogen (secondary N) is 1. The quantitative estimate of drug-likeness (QED) is 0.742. The van der Waals surface area contributed by atoms with Gasteiger partial charge in [0.25, 0.3) is 0 Å². The number of nitrogens with zero attached hydrogens (tertiary/aromatic N) is 1. The highest BCUT2D eigenvalue weighted by Crippen LogP contribution is 2.20. The second kappa shape index (κ2) is 9.58. The van der Waals surface area contributed by atoms with E-state index < -0.39 is 10.0 Å². The molecule has 0 amide bonds. The van der Waals surface area contributed by atoms with Crippen molar-refractivity contribution in [2.24, 2.45) is 0 Å².